The Balaban J connectivity index is 1.80. The van der Waals surface area contributed by atoms with Gasteiger partial charge < -0.3 is 20.7 Å². The van der Waals surface area contributed by atoms with Crippen LogP contribution in [0.15, 0.2) is 36.0 Å². The minimum Gasteiger partial charge on any atom is -0.423 e. The number of rotatable bonds is 5. The number of thiophene rings is 1. The highest BCUT2D eigenvalue weighted by Gasteiger charge is 2.15. The lowest BCUT2D eigenvalue weighted by molar-refractivity contribution is 0.0965. The lowest BCUT2D eigenvalue weighted by Crippen LogP contribution is -2.29. The fourth-order valence-electron chi connectivity index (χ4n) is 2.27. The smallest absolute Gasteiger partial charge is 0.423 e. The summed E-state index contributed by atoms with van der Waals surface area (Å²) in [7, 11) is 0.113. The highest BCUT2D eigenvalue weighted by atomic mass is 32.1. The largest absolute Gasteiger partial charge is 0.488 e. The highest BCUT2D eigenvalue weighted by Crippen LogP contribution is 2.29. The Morgan fingerprint density at radius 2 is 2.00 bits per heavy atom. The van der Waals surface area contributed by atoms with E-state index in [2.05, 4.69) is 20.6 Å². The third-order valence-corrected chi connectivity index (χ3v) is 4.54. The zero-order valence-corrected chi connectivity index (χ0v) is 13.7. The number of benzene rings is 1. The molecule has 0 saturated carbocycles. The fraction of sp³-hybridized carbons (Fsp3) is 0.133. The Kier molecular flexibility index (Phi) is 4.75. The maximum atomic E-state index is 11.8. The molecule has 0 aliphatic rings. The topological polar surface area (TPSA) is 107 Å². The fourth-order valence-corrected chi connectivity index (χ4v) is 3.23. The summed E-state index contributed by atoms with van der Waals surface area (Å²) in [4.78, 5) is 20.3. The maximum absolute atomic E-state index is 11.8. The first-order valence-electron chi connectivity index (χ1n) is 7.23. The number of anilines is 1. The van der Waals surface area contributed by atoms with Crippen LogP contribution in [0.1, 0.15) is 15.9 Å². The van der Waals surface area contributed by atoms with E-state index >= 15 is 0 Å². The average Bonchev–Trinajstić information content (AvgIpc) is 3.04. The quantitative estimate of drug-likeness (QED) is 0.498. The zero-order chi connectivity index (χ0) is 17.1. The molecule has 0 aliphatic carbocycles. The second-order valence-corrected chi connectivity index (χ2v) is 5.98. The molecule has 0 unspecified atom stereocenters. The molecule has 0 saturated heterocycles. The van der Waals surface area contributed by atoms with E-state index in [9.17, 15) is 4.79 Å². The molecule has 3 rings (SSSR count). The lowest BCUT2D eigenvalue weighted by Gasteiger charge is -2.07. The normalized spacial score (nSPS) is 10.6. The van der Waals surface area contributed by atoms with Crippen molar-refractivity contribution >= 4 is 45.9 Å². The summed E-state index contributed by atoms with van der Waals surface area (Å²) in [6.45, 7) is 0.515. The summed E-state index contributed by atoms with van der Waals surface area (Å²) in [6.07, 6.45) is 1.43. The minimum absolute atomic E-state index is 0.177. The molecule has 0 aliphatic heterocycles. The van der Waals surface area contributed by atoms with Gasteiger partial charge >= 0.3 is 7.12 Å². The van der Waals surface area contributed by atoms with Crippen molar-refractivity contribution in [3.8, 4) is 0 Å². The summed E-state index contributed by atoms with van der Waals surface area (Å²) < 4.78 is 0.818. The van der Waals surface area contributed by atoms with Gasteiger partial charge in [-0.2, -0.15) is 0 Å². The Morgan fingerprint density at radius 1 is 1.25 bits per heavy atom. The van der Waals surface area contributed by atoms with E-state index in [-0.39, 0.29) is 5.91 Å². The van der Waals surface area contributed by atoms with Crippen LogP contribution in [0.2, 0.25) is 0 Å². The van der Waals surface area contributed by atoms with Crippen LogP contribution in [0.4, 0.5) is 5.82 Å². The first kappa shape index (κ1) is 16.4. The molecule has 0 fully saturated rings. The van der Waals surface area contributed by atoms with Gasteiger partial charge in [-0.1, -0.05) is 24.3 Å². The molecule has 0 spiro atoms. The van der Waals surface area contributed by atoms with Gasteiger partial charge in [-0.05, 0) is 11.0 Å². The summed E-state index contributed by atoms with van der Waals surface area (Å²) in [5.74, 6) is 0.482. The molecule has 3 aromatic rings. The third kappa shape index (κ3) is 3.23. The Morgan fingerprint density at radius 3 is 2.67 bits per heavy atom. The van der Waals surface area contributed by atoms with Crippen LogP contribution in [0.5, 0.6) is 0 Å². The van der Waals surface area contributed by atoms with Crippen molar-refractivity contribution in [3.63, 3.8) is 0 Å². The predicted octanol–water partition coefficient (Wildman–Crippen LogP) is 0.343. The number of aromatic nitrogens is 2. The van der Waals surface area contributed by atoms with E-state index in [0.29, 0.717) is 28.9 Å². The molecule has 1 aromatic carbocycles. The zero-order valence-electron chi connectivity index (χ0n) is 12.9. The number of hydrogen-bond acceptors (Lipinski definition) is 7. The standard InChI is InChI=1S/C15H15BN4O3S/c1-17-15(21)11-7-24-13-12(11)19-8-20-14(13)18-6-9-2-4-10(5-3-9)16(22)23/h2-5,7-8,22-23H,6H2,1H3,(H,17,21)(H,18,19,20). The Hall–Kier alpha value is -2.49. The molecule has 1 amide bonds. The van der Waals surface area contributed by atoms with Gasteiger partial charge in [-0.15, -0.1) is 11.3 Å². The predicted molar refractivity (Wildman–Crippen MR) is 94.4 cm³/mol. The lowest BCUT2D eigenvalue weighted by atomic mass is 9.80. The van der Waals surface area contributed by atoms with Crippen LogP contribution in [-0.4, -0.2) is 40.1 Å². The van der Waals surface area contributed by atoms with E-state index in [4.69, 9.17) is 10.0 Å². The number of carbonyl (C=O) groups is 1. The van der Waals surface area contributed by atoms with E-state index in [1.807, 2.05) is 12.1 Å². The monoisotopic (exact) mass is 342 g/mol. The van der Waals surface area contributed by atoms with Crippen LogP contribution in [-0.2, 0) is 6.54 Å². The van der Waals surface area contributed by atoms with Crippen molar-refractivity contribution in [1.29, 1.82) is 0 Å². The van der Waals surface area contributed by atoms with Crippen molar-refractivity contribution in [1.82, 2.24) is 15.3 Å². The molecular weight excluding hydrogens is 327 g/mol. The molecule has 2 heterocycles. The van der Waals surface area contributed by atoms with Crippen LogP contribution in [0, 0.1) is 0 Å². The molecule has 2 aromatic heterocycles. The molecule has 0 atom stereocenters. The third-order valence-electron chi connectivity index (χ3n) is 3.56. The number of hydrogen-bond donors (Lipinski definition) is 4. The molecule has 9 heteroatoms. The Labute approximate surface area is 142 Å². The summed E-state index contributed by atoms with van der Waals surface area (Å²) in [5.41, 5.74) is 2.56. The first-order chi connectivity index (χ1) is 11.6. The first-order valence-corrected chi connectivity index (χ1v) is 8.11. The number of nitrogens with zero attached hydrogens (tertiary/aromatic N) is 2. The summed E-state index contributed by atoms with van der Waals surface area (Å²) in [6, 6.07) is 6.94. The van der Waals surface area contributed by atoms with Crippen LogP contribution in [0.3, 0.4) is 0 Å². The van der Waals surface area contributed by atoms with Crippen molar-refractivity contribution in [2.75, 3.05) is 12.4 Å². The SMILES string of the molecule is CNC(=O)c1csc2c(NCc3ccc(B(O)O)cc3)ncnc12. The van der Waals surface area contributed by atoms with Crippen molar-refractivity contribution in [2.24, 2.45) is 0 Å². The summed E-state index contributed by atoms with van der Waals surface area (Å²) in [5, 5.41) is 25.8. The van der Waals surface area contributed by atoms with E-state index in [1.165, 1.54) is 17.7 Å². The van der Waals surface area contributed by atoms with Gasteiger partial charge in [0.05, 0.1) is 15.8 Å². The van der Waals surface area contributed by atoms with Crippen molar-refractivity contribution in [3.05, 3.63) is 47.1 Å². The van der Waals surface area contributed by atoms with E-state index in [0.717, 1.165) is 10.3 Å². The molecule has 0 radical (unpaired) electrons. The average molecular weight is 342 g/mol. The number of fused-ring (bicyclic) bond motifs is 1. The molecule has 7 nitrogen and oxygen atoms in total. The van der Waals surface area contributed by atoms with Crippen molar-refractivity contribution in [2.45, 2.75) is 6.54 Å². The second kappa shape index (κ2) is 6.96. The molecule has 24 heavy (non-hydrogen) atoms. The number of nitrogens with one attached hydrogen (secondary N) is 2. The number of amides is 1. The van der Waals surface area contributed by atoms with Crippen LogP contribution in [0.25, 0.3) is 10.2 Å². The molecular formula is C15H15BN4O3S. The van der Waals surface area contributed by atoms with Crippen LogP contribution >= 0.6 is 11.3 Å². The minimum atomic E-state index is -1.47. The molecule has 4 N–H and O–H groups in total. The molecule has 0 bridgehead atoms. The summed E-state index contributed by atoms with van der Waals surface area (Å²) >= 11 is 1.41. The maximum Gasteiger partial charge on any atom is 0.488 e. The van der Waals surface area contributed by atoms with Crippen molar-refractivity contribution < 1.29 is 14.8 Å². The highest BCUT2D eigenvalue weighted by molar-refractivity contribution is 7.18. The van der Waals surface area contributed by atoms with Gasteiger partial charge in [0.25, 0.3) is 5.91 Å². The molecule has 122 valence electrons. The van der Waals surface area contributed by atoms with Gasteiger partial charge in [-0.3, -0.25) is 4.79 Å². The van der Waals surface area contributed by atoms with Gasteiger partial charge in [-0.25, -0.2) is 9.97 Å². The Bertz CT molecular complexity index is 867. The van der Waals surface area contributed by atoms with Crippen LogP contribution < -0.4 is 16.1 Å². The van der Waals surface area contributed by atoms with E-state index < -0.39 is 7.12 Å². The van der Waals surface area contributed by atoms with Gasteiger partial charge in [0, 0.05) is 19.0 Å². The van der Waals surface area contributed by atoms with Gasteiger partial charge in [0.15, 0.2) is 0 Å². The second-order valence-electron chi connectivity index (χ2n) is 5.10. The van der Waals surface area contributed by atoms with E-state index in [1.54, 1.807) is 24.6 Å². The van der Waals surface area contributed by atoms with Gasteiger partial charge in [0.1, 0.15) is 12.1 Å². The number of carbonyl (C=O) groups excluding carboxylic acids is 1. The van der Waals surface area contributed by atoms with Gasteiger partial charge in [0.2, 0.25) is 0 Å².